The van der Waals surface area contributed by atoms with Crippen LogP contribution in [0.15, 0.2) is 24.5 Å². The molecular weight excluding hydrogens is 238 g/mol. The molecule has 0 aromatic carbocycles. The zero-order valence-electron chi connectivity index (χ0n) is 11.3. The Bertz CT molecular complexity index is 388. The molecule has 104 valence electrons. The van der Waals surface area contributed by atoms with Gasteiger partial charge in [0.25, 0.3) is 0 Å². The van der Waals surface area contributed by atoms with Gasteiger partial charge in [-0.25, -0.2) is 0 Å². The zero-order chi connectivity index (χ0) is 13.5. The lowest BCUT2D eigenvalue weighted by Gasteiger charge is -2.30. The van der Waals surface area contributed by atoms with E-state index in [1.807, 2.05) is 12.1 Å². The highest BCUT2D eigenvalue weighted by Crippen LogP contribution is 2.26. The van der Waals surface area contributed by atoms with E-state index in [1.54, 1.807) is 12.4 Å². The van der Waals surface area contributed by atoms with Crippen LogP contribution in [0.3, 0.4) is 0 Å². The van der Waals surface area contributed by atoms with Gasteiger partial charge < -0.3 is 11.1 Å². The molecule has 1 unspecified atom stereocenters. The normalized spacial score (nSPS) is 17.9. The number of carbonyl (C=O) groups is 1. The van der Waals surface area contributed by atoms with Gasteiger partial charge in [-0.1, -0.05) is 25.3 Å². The summed E-state index contributed by atoms with van der Waals surface area (Å²) in [4.78, 5) is 16.1. The Labute approximate surface area is 114 Å². The predicted molar refractivity (Wildman–Crippen MR) is 75.5 cm³/mol. The first-order valence-corrected chi connectivity index (χ1v) is 7.18. The van der Waals surface area contributed by atoms with Crippen molar-refractivity contribution in [1.29, 1.82) is 0 Å². The van der Waals surface area contributed by atoms with Crippen LogP contribution in [-0.4, -0.2) is 23.5 Å². The minimum absolute atomic E-state index is 0.0500. The van der Waals surface area contributed by atoms with Crippen molar-refractivity contribution in [2.75, 3.05) is 6.54 Å². The fourth-order valence-corrected chi connectivity index (χ4v) is 2.85. The van der Waals surface area contributed by atoms with Crippen LogP contribution in [0.5, 0.6) is 0 Å². The monoisotopic (exact) mass is 261 g/mol. The third kappa shape index (κ3) is 4.31. The zero-order valence-corrected chi connectivity index (χ0v) is 11.3. The maximum absolute atomic E-state index is 12.0. The first kappa shape index (κ1) is 14.0. The van der Waals surface area contributed by atoms with Gasteiger partial charge in [-0.2, -0.15) is 0 Å². The quantitative estimate of drug-likeness (QED) is 0.847. The van der Waals surface area contributed by atoms with Crippen molar-refractivity contribution in [1.82, 2.24) is 10.3 Å². The average molecular weight is 261 g/mol. The van der Waals surface area contributed by atoms with E-state index in [4.69, 9.17) is 5.73 Å². The molecule has 1 aliphatic carbocycles. The summed E-state index contributed by atoms with van der Waals surface area (Å²) in [5, 5.41) is 3.09. The highest BCUT2D eigenvalue weighted by atomic mass is 16.1. The van der Waals surface area contributed by atoms with Crippen molar-refractivity contribution >= 4 is 5.91 Å². The molecule has 1 fully saturated rings. The van der Waals surface area contributed by atoms with Gasteiger partial charge >= 0.3 is 0 Å². The molecular formula is C15H23N3O. The Morgan fingerprint density at radius 1 is 1.42 bits per heavy atom. The van der Waals surface area contributed by atoms with E-state index in [-0.39, 0.29) is 11.9 Å². The number of rotatable bonds is 5. The van der Waals surface area contributed by atoms with Gasteiger partial charge in [-0.3, -0.25) is 9.78 Å². The summed E-state index contributed by atoms with van der Waals surface area (Å²) in [6.07, 6.45) is 10.1. The van der Waals surface area contributed by atoms with Gasteiger partial charge in [-0.05, 0) is 30.4 Å². The van der Waals surface area contributed by atoms with Crippen molar-refractivity contribution in [2.45, 2.75) is 44.6 Å². The molecule has 0 bridgehead atoms. The number of pyridine rings is 1. The molecule has 0 radical (unpaired) electrons. The van der Waals surface area contributed by atoms with Crippen LogP contribution in [0.1, 0.15) is 37.7 Å². The number of nitrogens with two attached hydrogens (primary N) is 1. The van der Waals surface area contributed by atoms with Gasteiger partial charge in [0.05, 0.1) is 6.42 Å². The number of hydrogen-bond donors (Lipinski definition) is 2. The molecule has 1 amide bonds. The molecule has 1 saturated carbocycles. The summed E-state index contributed by atoms with van der Waals surface area (Å²) in [6.45, 7) is 0.531. The second kappa shape index (κ2) is 7.24. The smallest absolute Gasteiger partial charge is 0.224 e. The van der Waals surface area contributed by atoms with Crippen LogP contribution in [-0.2, 0) is 11.2 Å². The number of nitrogens with one attached hydrogen (secondary N) is 1. The summed E-state index contributed by atoms with van der Waals surface area (Å²) in [7, 11) is 0. The van der Waals surface area contributed by atoms with Gasteiger partial charge in [-0.15, -0.1) is 0 Å². The van der Waals surface area contributed by atoms with Crippen LogP contribution in [0.25, 0.3) is 0 Å². The highest BCUT2D eigenvalue weighted by molar-refractivity contribution is 5.78. The van der Waals surface area contributed by atoms with E-state index >= 15 is 0 Å². The summed E-state index contributed by atoms with van der Waals surface area (Å²) in [6, 6.07) is 3.90. The number of nitrogens with zero attached hydrogens (tertiary/aromatic N) is 1. The Hall–Kier alpha value is -1.42. The highest BCUT2D eigenvalue weighted by Gasteiger charge is 2.23. The van der Waals surface area contributed by atoms with E-state index in [0.29, 0.717) is 18.9 Å². The lowest BCUT2D eigenvalue weighted by atomic mass is 9.84. The molecule has 1 heterocycles. The summed E-state index contributed by atoms with van der Waals surface area (Å²) in [5.41, 5.74) is 6.76. The minimum atomic E-state index is 0.0500. The molecule has 0 saturated heterocycles. The predicted octanol–water partition coefficient (Wildman–Crippen LogP) is 1.65. The second-order valence-corrected chi connectivity index (χ2v) is 5.35. The van der Waals surface area contributed by atoms with E-state index in [9.17, 15) is 4.79 Å². The van der Waals surface area contributed by atoms with E-state index in [2.05, 4.69) is 10.3 Å². The first-order chi connectivity index (χ1) is 9.29. The molecule has 1 atom stereocenters. The summed E-state index contributed by atoms with van der Waals surface area (Å²) < 4.78 is 0. The molecule has 0 spiro atoms. The van der Waals surface area contributed by atoms with Crippen molar-refractivity contribution in [3.63, 3.8) is 0 Å². The third-order valence-electron chi connectivity index (χ3n) is 3.91. The van der Waals surface area contributed by atoms with Gasteiger partial charge in [0.1, 0.15) is 0 Å². The molecule has 3 N–H and O–H groups in total. The fourth-order valence-electron chi connectivity index (χ4n) is 2.85. The summed E-state index contributed by atoms with van der Waals surface area (Å²) in [5.74, 6) is 0.602. The number of hydrogen-bond acceptors (Lipinski definition) is 3. The maximum atomic E-state index is 12.0. The van der Waals surface area contributed by atoms with Crippen molar-refractivity contribution in [2.24, 2.45) is 11.7 Å². The Morgan fingerprint density at radius 3 is 2.84 bits per heavy atom. The molecule has 2 rings (SSSR count). The van der Waals surface area contributed by atoms with Crippen LogP contribution in [0.4, 0.5) is 0 Å². The molecule has 1 aromatic heterocycles. The minimum Gasteiger partial charge on any atom is -0.352 e. The standard InChI is InChI=1S/C15H23N3O/c16-10-14(13-6-2-1-3-7-13)18-15(19)9-12-5-4-8-17-11-12/h4-5,8,11,13-14H,1-3,6-7,9-10,16H2,(H,18,19). The molecule has 1 aromatic rings. The summed E-state index contributed by atoms with van der Waals surface area (Å²) >= 11 is 0. The fraction of sp³-hybridized carbons (Fsp3) is 0.600. The largest absolute Gasteiger partial charge is 0.352 e. The molecule has 1 aliphatic rings. The molecule has 0 aliphatic heterocycles. The van der Waals surface area contributed by atoms with Crippen molar-refractivity contribution in [3.8, 4) is 0 Å². The number of carbonyl (C=O) groups excluding carboxylic acids is 1. The third-order valence-corrected chi connectivity index (χ3v) is 3.91. The van der Waals surface area contributed by atoms with Gasteiger partial charge in [0.15, 0.2) is 0 Å². The Morgan fingerprint density at radius 2 is 2.21 bits per heavy atom. The van der Waals surface area contributed by atoms with E-state index in [0.717, 1.165) is 5.56 Å². The number of amides is 1. The van der Waals surface area contributed by atoms with E-state index in [1.165, 1.54) is 32.1 Å². The SMILES string of the molecule is NCC(NC(=O)Cc1cccnc1)C1CCCCC1. The Balaban J connectivity index is 1.85. The van der Waals surface area contributed by atoms with Crippen LogP contribution < -0.4 is 11.1 Å². The average Bonchev–Trinajstić information content (AvgIpc) is 2.47. The molecule has 4 heteroatoms. The van der Waals surface area contributed by atoms with Gasteiger partial charge in [0, 0.05) is 25.0 Å². The molecule has 19 heavy (non-hydrogen) atoms. The molecule has 4 nitrogen and oxygen atoms in total. The second-order valence-electron chi connectivity index (χ2n) is 5.35. The topological polar surface area (TPSA) is 68.0 Å². The maximum Gasteiger partial charge on any atom is 0.224 e. The lowest BCUT2D eigenvalue weighted by molar-refractivity contribution is -0.121. The van der Waals surface area contributed by atoms with Crippen molar-refractivity contribution < 1.29 is 4.79 Å². The number of aromatic nitrogens is 1. The first-order valence-electron chi connectivity index (χ1n) is 7.18. The van der Waals surface area contributed by atoms with Gasteiger partial charge in [0.2, 0.25) is 5.91 Å². The van der Waals surface area contributed by atoms with Crippen LogP contribution in [0, 0.1) is 5.92 Å². The Kier molecular flexibility index (Phi) is 5.33. The lowest BCUT2D eigenvalue weighted by Crippen LogP contribution is -2.46. The van der Waals surface area contributed by atoms with Crippen molar-refractivity contribution in [3.05, 3.63) is 30.1 Å². The van der Waals surface area contributed by atoms with Crippen LogP contribution >= 0.6 is 0 Å². The van der Waals surface area contributed by atoms with E-state index < -0.39 is 0 Å². The van der Waals surface area contributed by atoms with Crippen LogP contribution in [0.2, 0.25) is 0 Å².